The Labute approximate surface area is 263 Å². The van der Waals surface area contributed by atoms with E-state index in [9.17, 15) is 9.59 Å². The number of rotatable bonds is 18. The predicted molar refractivity (Wildman–Crippen MR) is 171 cm³/mol. The van der Waals surface area contributed by atoms with Gasteiger partial charge < -0.3 is 24.4 Å². The fourth-order valence-corrected chi connectivity index (χ4v) is 5.18. The number of nitrogens with one attached hydrogen (secondary N) is 4. The maximum atomic E-state index is 12.8. The maximum Gasteiger partial charge on any atom is 0.223 e. The van der Waals surface area contributed by atoms with Gasteiger partial charge >= 0.3 is 0 Å². The van der Waals surface area contributed by atoms with Gasteiger partial charge in [-0.05, 0) is 55.0 Å². The number of terminal acetylenes is 1. The van der Waals surface area contributed by atoms with Crippen LogP contribution in [0.5, 0.6) is 5.75 Å². The van der Waals surface area contributed by atoms with Gasteiger partial charge in [0.25, 0.3) is 0 Å². The quantitative estimate of drug-likeness (QED) is 0.0752. The molecule has 2 aromatic carbocycles. The van der Waals surface area contributed by atoms with Crippen LogP contribution in [0.25, 0.3) is 10.9 Å². The van der Waals surface area contributed by atoms with Crippen molar-refractivity contribution in [3.63, 3.8) is 0 Å². The second kappa shape index (κ2) is 15.4. The number of benzene rings is 2. The van der Waals surface area contributed by atoms with Gasteiger partial charge in [0.1, 0.15) is 5.75 Å². The summed E-state index contributed by atoms with van der Waals surface area (Å²) in [5.74, 6) is 4.46. The van der Waals surface area contributed by atoms with Gasteiger partial charge in [-0.3, -0.25) is 9.59 Å². The van der Waals surface area contributed by atoms with Gasteiger partial charge in [-0.1, -0.05) is 30.3 Å². The van der Waals surface area contributed by atoms with Gasteiger partial charge in [0.05, 0.1) is 12.3 Å². The van der Waals surface area contributed by atoms with Crippen LogP contribution in [0, 0.1) is 12.3 Å². The highest BCUT2D eigenvalue weighted by Crippen LogP contribution is 2.23. The first kappa shape index (κ1) is 31.8. The molecule has 1 aliphatic rings. The lowest BCUT2D eigenvalue weighted by Gasteiger charge is -2.17. The molecule has 1 aliphatic heterocycles. The molecule has 1 fully saturated rings. The average molecular weight is 612 g/mol. The van der Waals surface area contributed by atoms with Crippen molar-refractivity contribution in [2.45, 2.75) is 70.0 Å². The van der Waals surface area contributed by atoms with Crippen LogP contribution in [0.1, 0.15) is 61.4 Å². The van der Waals surface area contributed by atoms with E-state index in [2.05, 4.69) is 49.4 Å². The van der Waals surface area contributed by atoms with E-state index in [4.69, 9.17) is 15.6 Å². The monoisotopic (exact) mass is 611 g/mol. The van der Waals surface area contributed by atoms with Crippen molar-refractivity contribution < 1.29 is 18.7 Å². The normalized spacial score (nSPS) is 13.3. The summed E-state index contributed by atoms with van der Waals surface area (Å²) in [6, 6.07) is 15.9. The molecule has 0 radical (unpaired) electrons. The first-order valence-corrected chi connectivity index (χ1v) is 15.5. The molecule has 11 heteroatoms. The van der Waals surface area contributed by atoms with Crippen LogP contribution < -0.4 is 20.9 Å². The number of ether oxygens (including phenoxy) is 1. The fourth-order valence-electron chi connectivity index (χ4n) is 5.18. The number of hydrogen-bond donors (Lipinski definition) is 4. The molecule has 0 unspecified atom stereocenters. The van der Waals surface area contributed by atoms with Crippen LogP contribution in [0.4, 0.5) is 0 Å². The number of aromatic nitrogens is 3. The average Bonchev–Trinajstić information content (AvgIpc) is 3.47. The molecule has 0 saturated carbocycles. The number of fused-ring (bicyclic) bond motifs is 1. The van der Waals surface area contributed by atoms with Gasteiger partial charge in [0.2, 0.25) is 23.6 Å². The molecule has 2 amide bonds. The SMILES string of the molecule is C#CCCC1(CCC(=O)NCCCOc2ccc(CN(C)C(=O)CCc3nnc(CCc4c[nH]c5ccccc45)o3)cc2)NN1. The largest absolute Gasteiger partial charge is 0.494 e. The van der Waals surface area contributed by atoms with Gasteiger partial charge in [0.15, 0.2) is 0 Å². The standard InChI is InChI=1S/C34H41N7O4/c1-3-4-19-34(39-40-34)20-18-30(42)35-21-7-22-44-27-13-10-25(11-14-27)24-41(2)33(43)17-16-32-38-37-31(45-32)15-12-26-23-36-29-9-6-5-8-28(26)29/h1,5-6,8-11,13-14,23,36,39-40H,4,7,12,15-22,24H2,2H3,(H,35,42). The molecule has 0 atom stereocenters. The third-order valence-corrected chi connectivity index (χ3v) is 7.98. The Bertz CT molecular complexity index is 1600. The molecule has 236 valence electrons. The van der Waals surface area contributed by atoms with E-state index in [0.29, 0.717) is 76.4 Å². The lowest BCUT2D eigenvalue weighted by Crippen LogP contribution is -2.28. The van der Waals surface area contributed by atoms with Crippen molar-refractivity contribution in [1.29, 1.82) is 0 Å². The van der Waals surface area contributed by atoms with Crippen molar-refractivity contribution in [3.05, 3.63) is 77.6 Å². The van der Waals surface area contributed by atoms with Gasteiger partial charge in [0, 0.05) is 69.3 Å². The molecule has 4 aromatic rings. The second-order valence-electron chi connectivity index (χ2n) is 11.4. The zero-order valence-electron chi connectivity index (χ0n) is 25.7. The summed E-state index contributed by atoms with van der Waals surface area (Å²) in [6.07, 6.45) is 12.8. The Morgan fingerprint density at radius 3 is 2.58 bits per heavy atom. The van der Waals surface area contributed by atoms with E-state index < -0.39 is 0 Å². The van der Waals surface area contributed by atoms with Crippen molar-refractivity contribution in [1.82, 2.24) is 36.2 Å². The third-order valence-electron chi connectivity index (χ3n) is 7.98. The fraction of sp³-hybridized carbons (Fsp3) is 0.412. The summed E-state index contributed by atoms with van der Waals surface area (Å²) < 4.78 is 11.6. The number of H-pyrrole nitrogens is 1. The minimum Gasteiger partial charge on any atom is -0.494 e. The lowest BCUT2D eigenvalue weighted by atomic mass is 10.0. The van der Waals surface area contributed by atoms with E-state index in [1.165, 1.54) is 10.9 Å². The number of amides is 2. The van der Waals surface area contributed by atoms with Crippen LogP contribution in [0.15, 0.2) is 59.1 Å². The van der Waals surface area contributed by atoms with Crippen molar-refractivity contribution in [3.8, 4) is 18.1 Å². The number of aryl methyl sites for hydroxylation is 3. The Hall–Kier alpha value is -4.66. The topological polar surface area (TPSA) is 157 Å². The van der Waals surface area contributed by atoms with Crippen molar-refractivity contribution in [2.75, 3.05) is 20.2 Å². The predicted octanol–water partition coefficient (Wildman–Crippen LogP) is 3.81. The van der Waals surface area contributed by atoms with E-state index in [-0.39, 0.29) is 17.5 Å². The Kier molecular flexibility index (Phi) is 10.8. The molecular formula is C34H41N7O4. The molecule has 0 aliphatic carbocycles. The zero-order valence-corrected chi connectivity index (χ0v) is 25.7. The zero-order chi connectivity index (χ0) is 31.5. The Morgan fingerprint density at radius 2 is 1.80 bits per heavy atom. The molecule has 2 aromatic heterocycles. The molecule has 11 nitrogen and oxygen atoms in total. The molecule has 0 bridgehead atoms. The summed E-state index contributed by atoms with van der Waals surface area (Å²) >= 11 is 0. The number of carbonyl (C=O) groups is 2. The van der Waals surface area contributed by atoms with Gasteiger partial charge in [-0.25, -0.2) is 10.9 Å². The van der Waals surface area contributed by atoms with Crippen LogP contribution in [0.2, 0.25) is 0 Å². The van der Waals surface area contributed by atoms with E-state index >= 15 is 0 Å². The highest BCUT2D eigenvalue weighted by atomic mass is 16.5. The summed E-state index contributed by atoms with van der Waals surface area (Å²) in [7, 11) is 1.79. The summed E-state index contributed by atoms with van der Waals surface area (Å²) in [5, 5.41) is 12.4. The van der Waals surface area contributed by atoms with Crippen LogP contribution >= 0.6 is 0 Å². The molecule has 3 heterocycles. The highest BCUT2D eigenvalue weighted by molar-refractivity contribution is 5.83. The van der Waals surface area contributed by atoms with E-state index in [1.807, 2.05) is 42.6 Å². The number of nitrogens with zero attached hydrogens (tertiary/aromatic N) is 3. The number of hydrogen-bond acceptors (Lipinski definition) is 8. The molecule has 0 spiro atoms. The minimum absolute atomic E-state index is 0.00307. The van der Waals surface area contributed by atoms with Crippen LogP contribution in [-0.2, 0) is 35.4 Å². The Morgan fingerprint density at radius 1 is 1.02 bits per heavy atom. The van der Waals surface area contributed by atoms with Crippen molar-refractivity contribution in [2.24, 2.45) is 0 Å². The molecule has 5 rings (SSSR count). The number of hydrazine groups is 1. The summed E-state index contributed by atoms with van der Waals surface area (Å²) in [5.41, 5.74) is 9.35. The first-order chi connectivity index (χ1) is 21.9. The van der Waals surface area contributed by atoms with Gasteiger partial charge in [-0.15, -0.1) is 22.5 Å². The highest BCUT2D eigenvalue weighted by Gasteiger charge is 2.40. The summed E-state index contributed by atoms with van der Waals surface area (Å²) in [4.78, 5) is 29.9. The Balaban J connectivity index is 0.942. The first-order valence-electron chi connectivity index (χ1n) is 15.5. The molecule has 4 N–H and O–H groups in total. The molecule has 1 saturated heterocycles. The van der Waals surface area contributed by atoms with Gasteiger partial charge in [-0.2, -0.15) is 0 Å². The lowest BCUT2D eigenvalue weighted by molar-refractivity contribution is -0.130. The second-order valence-corrected chi connectivity index (χ2v) is 11.4. The number of para-hydroxylation sites is 1. The van der Waals surface area contributed by atoms with E-state index in [1.54, 1.807) is 11.9 Å². The van der Waals surface area contributed by atoms with E-state index in [0.717, 1.165) is 29.7 Å². The molecular weight excluding hydrogens is 570 g/mol. The van der Waals surface area contributed by atoms with Crippen LogP contribution in [-0.4, -0.2) is 57.8 Å². The molecule has 45 heavy (non-hydrogen) atoms. The maximum absolute atomic E-state index is 12.8. The van der Waals surface area contributed by atoms with Crippen LogP contribution in [0.3, 0.4) is 0 Å². The number of aromatic amines is 1. The van der Waals surface area contributed by atoms with Crippen molar-refractivity contribution >= 4 is 22.7 Å². The minimum atomic E-state index is -0.180. The number of carbonyl (C=O) groups excluding carboxylic acids is 2. The smallest absolute Gasteiger partial charge is 0.223 e. The third kappa shape index (κ3) is 9.41. The summed E-state index contributed by atoms with van der Waals surface area (Å²) in [6.45, 7) is 1.53.